The third-order valence-electron chi connectivity index (χ3n) is 4.07. The van der Waals surface area contributed by atoms with Gasteiger partial charge in [-0.05, 0) is 35.6 Å². The zero-order chi connectivity index (χ0) is 15.1. The molecule has 1 atom stereocenters. The first-order valence-corrected chi connectivity index (χ1v) is 7.11. The van der Waals surface area contributed by atoms with Crippen LogP contribution in [0.25, 0.3) is 11.1 Å². The first kappa shape index (κ1) is 14.0. The Balaban J connectivity index is 2.17. The number of aromatic nitrogens is 2. The first-order valence-electron chi connectivity index (χ1n) is 7.11. The van der Waals surface area contributed by atoms with E-state index in [1.165, 1.54) is 0 Å². The van der Waals surface area contributed by atoms with E-state index >= 15 is 0 Å². The van der Waals surface area contributed by atoms with Crippen molar-refractivity contribution >= 4 is 5.69 Å². The molecule has 21 heavy (non-hydrogen) atoms. The van der Waals surface area contributed by atoms with Gasteiger partial charge in [-0.25, -0.2) is 8.78 Å². The van der Waals surface area contributed by atoms with Crippen LogP contribution in [0.4, 0.5) is 14.5 Å². The molecule has 2 aromatic rings. The van der Waals surface area contributed by atoms with Gasteiger partial charge in [0.05, 0.1) is 6.20 Å². The second kappa shape index (κ2) is 5.13. The minimum Gasteiger partial charge on any atom is -0.374 e. The van der Waals surface area contributed by atoms with Crippen molar-refractivity contribution in [3.8, 4) is 11.1 Å². The number of hydrogen-bond donors (Lipinski definition) is 0. The van der Waals surface area contributed by atoms with Crippen LogP contribution in [0.3, 0.4) is 0 Å². The molecule has 1 aromatic carbocycles. The summed E-state index contributed by atoms with van der Waals surface area (Å²) in [6.07, 6.45) is 1.86. The summed E-state index contributed by atoms with van der Waals surface area (Å²) in [5.74, 6) is 0.529. The van der Waals surface area contributed by atoms with E-state index in [1.807, 2.05) is 13.1 Å². The van der Waals surface area contributed by atoms with E-state index in [0.29, 0.717) is 11.5 Å². The van der Waals surface area contributed by atoms with Crippen LogP contribution in [0.5, 0.6) is 0 Å². The summed E-state index contributed by atoms with van der Waals surface area (Å²) in [5.41, 5.74) is 3.49. The Bertz CT molecular complexity index is 664. The molecule has 0 radical (unpaired) electrons. The molecular formula is C16H19F2N3. The molecule has 0 saturated heterocycles. The predicted molar refractivity (Wildman–Crippen MR) is 79.7 cm³/mol. The molecule has 112 valence electrons. The highest BCUT2D eigenvalue weighted by Crippen LogP contribution is 2.39. The lowest BCUT2D eigenvalue weighted by Gasteiger charge is -2.32. The number of halogens is 2. The molecule has 1 aromatic heterocycles. The average Bonchev–Trinajstić information content (AvgIpc) is 2.83. The van der Waals surface area contributed by atoms with Gasteiger partial charge in [0.2, 0.25) is 0 Å². The number of hydrogen-bond acceptors (Lipinski definition) is 2. The van der Waals surface area contributed by atoms with Gasteiger partial charge in [0.25, 0.3) is 6.43 Å². The molecule has 0 saturated carbocycles. The molecule has 5 heteroatoms. The third kappa shape index (κ3) is 2.52. The standard InChI is InChI=1S/C16H19F2N3/c1-10-4-11-5-13(12-7-19-21(3)9-12)14(16(17)18)6-15(11)20(2)8-10/h5-7,9-10,16H,4,8H2,1-3H3. The van der Waals surface area contributed by atoms with Gasteiger partial charge in [0.1, 0.15) is 0 Å². The average molecular weight is 291 g/mol. The van der Waals surface area contributed by atoms with Crippen molar-refractivity contribution in [3.63, 3.8) is 0 Å². The third-order valence-corrected chi connectivity index (χ3v) is 4.07. The topological polar surface area (TPSA) is 21.1 Å². The molecule has 1 aliphatic rings. The molecule has 0 spiro atoms. The molecule has 3 rings (SSSR count). The van der Waals surface area contributed by atoms with E-state index in [1.54, 1.807) is 30.2 Å². The molecule has 0 N–H and O–H groups in total. The summed E-state index contributed by atoms with van der Waals surface area (Å²) >= 11 is 0. The fourth-order valence-corrected chi connectivity index (χ4v) is 3.16. The second-order valence-corrected chi connectivity index (χ2v) is 5.96. The maximum Gasteiger partial charge on any atom is 0.264 e. The molecule has 0 aliphatic carbocycles. The molecule has 0 fully saturated rings. The predicted octanol–water partition coefficient (Wildman–Crippen LogP) is 3.65. The molecule has 3 nitrogen and oxygen atoms in total. The Kier molecular flexibility index (Phi) is 3.43. The van der Waals surface area contributed by atoms with Crippen LogP contribution in [0.15, 0.2) is 24.5 Å². The second-order valence-electron chi connectivity index (χ2n) is 5.96. The van der Waals surface area contributed by atoms with Crippen molar-refractivity contribution < 1.29 is 8.78 Å². The number of nitrogens with zero attached hydrogens (tertiary/aromatic N) is 3. The van der Waals surface area contributed by atoms with E-state index in [-0.39, 0.29) is 5.56 Å². The van der Waals surface area contributed by atoms with Crippen LogP contribution in [-0.4, -0.2) is 23.4 Å². The fourth-order valence-electron chi connectivity index (χ4n) is 3.16. The van der Waals surface area contributed by atoms with E-state index in [2.05, 4.69) is 16.9 Å². The van der Waals surface area contributed by atoms with Crippen LogP contribution < -0.4 is 4.90 Å². The van der Waals surface area contributed by atoms with Crippen molar-refractivity contribution in [2.24, 2.45) is 13.0 Å². The van der Waals surface area contributed by atoms with Crippen molar-refractivity contribution in [3.05, 3.63) is 35.7 Å². The van der Waals surface area contributed by atoms with Gasteiger partial charge >= 0.3 is 0 Å². The maximum atomic E-state index is 13.4. The van der Waals surface area contributed by atoms with Crippen molar-refractivity contribution in [1.29, 1.82) is 0 Å². The molecular weight excluding hydrogens is 272 g/mol. The van der Waals surface area contributed by atoms with Crippen LogP contribution >= 0.6 is 0 Å². The number of benzene rings is 1. The van der Waals surface area contributed by atoms with Crippen molar-refractivity contribution in [2.75, 3.05) is 18.5 Å². The summed E-state index contributed by atoms with van der Waals surface area (Å²) in [6, 6.07) is 3.56. The normalized spacial score (nSPS) is 18.2. The number of rotatable bonds is 2. The van der Waals surface area contributed by atoms with Gasteiger partial charge in [0, 0.05) is 43.7 Å². The number of fused-ring (bicyclic) bond motifs is 1. The lowest BCUT2D eigenvalue weighted by molar-refractivity contribution is 0.152. The lowest BCUT2D eigenvalue weighted by atomic mass is 9.89. The minimum atomic E-state index is -2.49. The maximum absolute atomic E-state index is 13.4. The summed E-state index contributed by atoms with van der Waals surface area (Å²) in [6.45, 7) is 3.09. The number of aryl methyl sites for hydroxylation is 1. The minimum absolute atomic E-state index is 0.0863. The van der Waals surface area contributed by atoms with Crippen LogP contribution in [0.2, 0.25) is 0 Å². The highest BCUT2D eigenvalue weighted by atomic mass is 19.3. The van der Waals surface area contributed by atoms with Crippen molar-refractivity contribution in [1.82, 2.24) is 9.78 Å². The highest BCUT2D eigenvalue weighted by molar-refractivity contribution is 5.73. The molecule has 0 bridgehead atoms. The molecule has 2 heterocycles. The van der Waals surface area contributed by atoms with Gasteiger partial charge in [0.15, 0.2) is 0 Å². The van der Waals surface area contributed by atoms with E-state index in [0.717, 1.165) is 29.8 Å². The van der Waals surface area contributed by atoms with E-state index in [9.17, 15) is 8.78 Å². The molecule has 1 aliphatic heterocycles. The summed E-state index contributed by atoms with van der Waals surface area (Å²) in [4.78, 5) is 2.07. The van der Waals surface area contributed by atoms with Crippen LogP contribution in [0.1, 0.15) is 24.5 Å². The van der Waals surface area contributed by atoms with Gasteiger partial charge in [-0.3, -0.25) is 4.68 Å². The molecule has 0 amide bonds. The van der Waals surface area contributed by atoms with Crippen LogP contribution in [-0.2, 0) is 13.5 Å². The zero-order valence-electron chi connectivity index (χ0n) is 12.5. The Hall–Kier alpha value is -1.91. The van der Waals surface area contributed by atoms with E-state index in [4.69, 9.17) is 0 Å². The molecule has 1 unspecified atom stereocenters. The van der Waals surface area contributed by atoms with Gasteiger partial charge < -0.3 is 4.90 Å². The lowest BCUT2D eigenvalue weighted by Crippen LogP contribution is -2.30. The number of alkyl halides is 2. The summed E-state index contributed by atoms with van der Waals surface area (Å²) in [5, 5.41) is 4.10. The largest absolute Gasteiger partial charge is 0.374 e. The smallest absolute Gasteiger partial charge is 0.264 e. The SMILES string of the molecule is CC1Cc2cc(-c3cnn(C)c3)c(C(F)F)cc2N(C)C1. The highest BCUT2D eigenvalue weighted by Gasteiger charge is 2.24. The fraction of sp³-hybridized carbons (Fsp3) is 0.438. The van der Waals surface area contributed by atoms with Crippen LogP contribution in [0, 0.1) is 5.92 Å². The number of anilines is 1. The van der Waals surface area contributed by atoms with Gasteiger partial charge in [-0.15, -0.1) is 0 Å². The Morgan fingerprint density at radius 3 is 2.67 bits per heavy atom. The summed E-state index contributed by atoms with van der Waals surface area (Å²) in [7, 11) is 3.76. The first-order chi connectivity index (χ1) is 9.95. The van der Waals surface area contributed by atoms with E-state index < -0.39 is 6.43 Å². The Labute approximate surface area is 123 Å². The summed E-state index contributed by atoms with van der Waals surface area (Å²) < 4.78 is 28.5. The van der Waals surface area contributed by atoms with Gasteiger partial charge in [-0.2, -0.15) is 5.10 Å². The Morgan fingerprint density at radius 2 is 2.05 bits per heavy atom. The monoisotopic (exact) mass is 291 g/mol. The zero-order valence-corrected chi connectivity index (χ0v) is 12.5. The van der Waals surface area contributed by atoms with Gasteiger partial charge in [-0.1, -0.05) is 6.92 Å². The quantitative estimate of drug-likeness (QED) is 0.842. The van der Waals surface area contributed by atoms with Crippen molar-refractivity contribution in [2.45, 2.75) is 19.8 Å². The Morgan fingerprint density at radius 1 is 1.29 bits per heavy atom.